The van der Waals surface area contributed by atoms with Gasteiger partial charge in [0.2, 0.25) is 0 Å². The molecule has 0 saturated carbocycles. The van der Waals surface area contributed by atoms with E-state index in [1.54, 1.807) is 0 Å². The second-order valence-electron chi connectivity index (χ2n) is 5.58. The minimum Gasteiger partial charge on any atom is -0.373 e. The summed E-state index contributed by atoms with van der Waals surface area (Å²) >= 11 is 6.34. The summed E-state index contributed by atoms with van der Waals surface area (Å²) < 4.78 is 0. The van der Waals surface area contributed by atoms with Crippen LogP contribution in [0.15, 0.2) is 18.2 Å². The monoisotopic (exact) mass is 281 g/mol. The van der Waals surface area contributed by atoms with Crippen LogP contribution in [-0.4, -0.2) is 38.6 Å². The summed E-state index contributed by atoms with van der Waals surface area (Å²) in [6, 6.07) is 5.98. The normalized spacial score (nSPS) is 17.7. The predicted molar refractivity (Wildman–Crippen MR) is 82.8 cm³/mol. The molecule has 1 aromatic rings. The molecule has 0 bridgehead atoms. The van der Waals surface area contributed by atoms with Gasteiger partial charge in [-0.15, -0.1) is 0 Å². The van der Waals surface area contributed by atoms with Gasteiger partial charge in [0.25, 0.3) is 0 Å². The van der Waals surface area contributed by atoms with Gasteiger partial charge >= 0.3 is 0 Å². The number of anilines is 1. The maximum atomic E-state index is 6.34. The third-order valence-corrected chi connectivity index (χ3v) is 4.35. The van der Waals surface area contributed by atoms with Crippen LogP contribution in [-0.2, 0) is 6.54 Å². The molecule has 0 unspecified atom stereocenters. The minimum absolute atomic E-state index is 0.535. The second-order valence-corrected chi connectivity index (χ2v) is 5.99. The Morgan fingerprint density at radius 1 is 1.37 bits per heavy atom. The summed E-state index contributed by atoms with van der Waals surface area (Å²) in [6.07, 6.45) is 2.53. The van der Waals surface area contributed by atoms with Crippen molar-refractivity contribution in [1.29, 1.82) is 0 Å². The average molecular weight is 282 g/mol. The zero-order valence-electron chi connectivity index (χ0n) is 11.9. The Balaban J connectivity index is 2.05. The van der Waals surface area contributed by atoms with Crippen LogP contribution < -0.4 is 10.6 Å². The molecule has 0 aliphatic carbocycles. The number of likely N-dealkylation sites (tertiary alicyclic amines) is 1. The topological polar surface area (TPSA) is 32.5 Å². The number of hydrogen-bond donors (Lipinski definition) is 1. The van der Waals surface area contributed by atoms with Crippen molar-refractivity contribution in [3.63, 3.8) is 0 Å². The number of halogens is 1. The van der Waals surface area contributed by atoms with Crippen LogP contribution in [0.2, 0.25) is 5.02 Å². The summed E-state index contributed by atoms with van der Waals surface area (Å²) in [6.45, 7) is 3.99. The van der Waals surface area contributed by atoms with Crippen molar-refractivity contribution in [3.8, 4) is 0 Å². The first-order valence-electron chi connectivity index (χ1n) is 6.99. The molecular weight excluding hydrogens is 258 g/mol. The fourth-order valence-electron chi connectivity index (χ4n) is 2.88. The number of hydrogen-bond acceptors (Lipinski definition) is 3. The standard InChI is InChI=1S/C15H24ClN3/c1-18-8-6-12(7-9-18)11-19(2)15-13(10-17)4-3-5-14(15)16/h3-5,12H,6-11,17H2,1-2H3. The van der Waals surface area contributed by atoms with Crippen molar-refractivity contribution >= 4 is 17.3 Å². The van der Waals surface area contributed by atoms with Crippen molar-refractivity contribution in [2.45, 2.75) is 19.4 Å². The van der Waals surface area contributed by atoms with Crippen LogP contribution in [0.3, 0.4) is 0 Å². The van der Waals surface area contributed by atoms with Gasteiger partial charge in [0.15, 0.2) is 0 Å². The van der Waals surface area contributed by atoms with Crippen LogP contribution in [0.1, 0.15) is 18.4 Å². The zero-order valence-corrected chi connectivity index (χ0v) is 12.7. The van der Waals surface area contributed by atoms with E-state index in [9.17, 15) is 0 Å². The molecule has 1 aromatic carbocycles. The Hall–Kier alpha value is -0.770. The Bertz CT molecular complexity index is 414. The third-order valence-electron chi connectivity index (χ3n) is 4.04. The molecule has 1 aliphatic heterocycles. The maximum absolute atomic E-state index is 6.34. The van der Waals surface area contributed by atoms with E-state index in [1.165, 1.54) is 25.9 Å². The van der Waals surface area contributed by atoms with Crippen molar-refractivity contribution < 1.29 is 0 Å². The van der Waals surface area contributed by atoms with Gasteiger partial charge in [-0.3, -0.25) is 0 Å². The Kier molecular flexibility index (Phi) is 5.08. The summed E-state index contributed by atoms with van der Waals surface area (Å²) in [4.78, 5) is 4.68. The van der Waals surface area contributed by atoms with E-state index < -0.39 is 0 Å². The van der Waals surface area contributed by atoms with Crippen LogP contribution in [0.25, 0.3) is 0 Å². The fourth-order valence-corrected chi connectivity index (χ4v) is 3.21. The molecule has 0 aromatic heterocycles. The van der Waals surface area contributed by atoms with Gasteiger partial charge < -0.3 is 15.5 Å². The number of piperidine rings is 1. The lowest BCUT2D eigenvalue weighted by atomic mass is 9.96. The highest BCUT2D eigenvalue weighted by atomic mass is 35.5. The number of rotatable bonds is 4. The van der Waals surface area contributed by atoms with Gasteiger partial charge in [-0.25, -0.2) is 0 Å². The molecule has 2 N–H and O–H groups in total. The summed E-state index contributed by atoms with van der Waals surface area (Å²) in [5, 5.41) is 0.804. The molecule has 19 heavy (non-hydrogen) atoms. The summed E-state index contributed by atoms with van der Waals surface area (Å²) in [5.74, 6) is 0.753. The van der Waals surface area contributed by atoms with Gasteiger partial charge in [0.1, 0.15) is 0 Å². The summed E-state index contributed by atoms with van der Waals surface area (Å²) in [7, 11) is 4.32. The smallest absolute Gasteiger partial charge is 0.0642 e. The molecule has 3 nitrogen and oxygen atoms in total. The molecule has 1 fully saturated rings. The van der Waals surface area contributed by atoms with Crippen LogP contribution in [0, 0.1) is 5.92 Å². The van der Waals surface area contributed by atoms with E-state index >= 15 is 0 Å². The fraction of sp³-hybridized carbons (Fsp3) is 0.600. The molecule has 0 radical (unpaired) electrons. The van der Waals surface area contributed by atoms with E-state index in [-0.39, 0.29) is 0 Å². The average Bonchev–Trinajstić information content (AvgIpc) is 2.40. The zero-order chi connectivity index (χ0) is 13.8. The van der Waals surface area contributed by atoms with Crippen molar-refractivity contribution in [1.82, 2.24) is 4.90 Å². The highest BCUT2D eigenvalue weighted by Crippen LogP contribution is 2.30. The van der Waals surface area contributed by atoms with Crippen molar-refractivity contribution in [3.05, 3.63) is 28.8 Å². The first kappa shape index (κ1) is 14.6. The van der Waals surface area contributed by atoms with Crippen LogP contribution in [0.5, 0.6) is 0 Å². The second kappa shape index (κ2) is 6.60. The first-order valence-corrected chi connectivity index (χ1v) is 7.36. The van der Waals surface area contributed by atoms with Gasteiger partial charge in [0.05, 0.1) is 10.7 Å². The molecule has 106 valence electrons. The number of benzene rings is 1. The number of para-hydroxylation sites is 1. The summed E-state index contributed by atoms with van der Waals surface area (Å²) in [5.41, 5.74) is 8.05. The Morgan fingerprint density at radius 3 is 2.68 bits per heavy atom. The predicted octanol–water partition coefficient (Wildman–Crippen LogP) is 2.58. The van der Waals surface area contributed by atoms with Crippen LogP contribution >= 0.6 is 11.6 Å². The minimum atomic E-state index is 0.535. The third kappa shape index (κ3) is 3.62. The molecule has 1 aliphatic rings. The molecule has 1 heterocycles. The van der Waals surface area contributed by atoms with E-state index in [4.69, 9.17) is 17.3 Å². The Morgan fingerprint density at radius 2 is 2.05 bits per heavy atom. The first-order chi connectivity index (χ1) is 9.11. The molecule has 0 amide bonds. The van der Waals surface area contributed by atoms with E-state index in [2.05, 4.69) is 30.0 Å². The van der Waals surface area contributed by atoms with Crippen molar-refractivity contribution in [2.75, 3.05) is 38.6 Å². The Labute approximate surface area is 121 Å². The lowest BCUT2D eigenvalue weighted by Crippen LogP contribution is -2.36. The van der Waals surface area contributed by atoms with E-state index in [0.29, 0.717) is 6.54 Å². The van der Waals surface area contributed by atoms with E-state index in [1.807, 2.05) is 12.1 Å². The number of nitrogens with two attached hydrogens (primary N) is 1. The molecular formula is C15H24ClN3. The van der Waals surface area contributed by atoms with Gasteiger partial charge in [0, 0.05) is 20.1 Å². The number of nitrogens with zero attached hydrogens (tertiary/aromatic N) is 2. The van der Waals surface area contributed by atoms with Crippen LogP contribution in [0.4, 0.5) is 5.69 Å². The van der Waals surface area contributed by atoms with Crippen molar-refractivity contribution in [2.24, 2.45) is 11.7 Å². The van der Waals surface area contributed by atoms with Gasteiger partial charge in [-0.05, 0) is 50.5 Å². The highest BCUT2D eigenvalue weighted by molar-refractivity contribution is 6.33. The molecule has 1 saturated heterocycles. The quantitative estimate of drug-likeness (QED) is 0.921. The van der Waals surface area contributed by atoms with E-state index in [0.717, 1.165) is 28.7 Å². The maximum Gasteiger partial charge on any atom is 0.0642 e. The largest absolute Gasteiger partial charge is 0.373 e. The molecule has 0 spiro atoms. The highest BCUT2D eigenvalue weighted by Gasteiger charge is 2.20. The molecule has 2 rings (SSSR count). The lowest BCUT2D eigenvalue weighted by molar-refractivity contribution is 0.222. The SMILES string of the molecule is CN1CCC(CN(C)c2c(Cl)cccc2CN)CC1. The molecule has 4 heteroatoms. The van der Waals surface area contributed by atoms with Gasteiger partial charge in [-0.1, -0.05) is 23.7 Å². The van der Waals surface area contributed by atoms with Gasteiger partial charge in [-0.2, -0.15) is 0 Å². The lowest BCUT2D eigenvalue weighted by Gasteiger charge is -2.33. The molecule has 0 atom stereocenters.